The van der Waals surface area contributed by atoms with E-state index in [1.165, 1.54) is 0 Å². The monoisotopic (exact) mass is 267 g/mol. The average Bonchev–Trinajstić information content (AvgIpc) is 2.74. The van der Waals surface area contributed by atoms with Crippen LogP contribution in [0.3, 0.4) is 0 Å². The van der Waals surface area contributed by atoms with Gasteiger partial charge in [-0.05, 0) is 19.1 Å². The first kappa shape index (κ1) is 12.3. The lowest BCUT2D eigenvalue weighted by Gasteiger charge is -2.13. The Bertz CT molecular complexity index is 738. The predicted molar refractivity (Wildman–Crippen MR) is 75.8 cm³/mol. The fourth-order valence-electron chi connectivity index (χ4n) is 2.51. The molecule has 1 aliphatic heterocycles. The first-order valence-electron chi connectivity index (χ1n) is 6.26. The molecule has 3 rings (SSSR count). The Balaban J connectivity index is 2.30. The molecule has 1 aromatic carbocycles. The minimum Gasteiger partial charge on any atom is -0.387 e. The van der Waals surface area contributed by atoms with Crippen molar-refractivity contribution in [2.45, 2.75) is 6.92 Å². The molecule has 0 saturated heterocycles. The maximum absolute atomic E-state index is 11.9. The third kappa shape index (κ3) is 1.67. The van der Waals surface area contributed by atoms with E-state index in [0.717, 1.165) is 16.8 Å². The van der Waals surface area contributed by atoms with Gasteiger partial charge in [0.1, 0.15) is 0 Å². The second kappa shape index (κ2) is 4.45. The van der Waals surface area contributed by atoms with Gasteiger partial charge in [0.05, 0.1) is 16.8 Å². The third-order valence-corrected chi connectivity index (χ3v) is 3.45. The lowest BCUT2D eigenvalue weighted by molar-refractivity contribution is 0.0880. The number of imide groups is 1. The van der Waals surface area contributed by atoms with Gasteiger partial charge in [0.2, 0.25) is 0 Å². The maximum Gasteiger partial charge on any atom is 0.261 e. The van der Waals surface area contributed by atoms with Crippen LogP contribution in [-0.2, 0) is 0 Å². The molecular weight excluding hydrogens is 254 g/mol. The molecule has 5 nitrogen and oxygen atoms in total. The number of carbonyl (C=O) groups is 2. The van der Waals surface area contributed by atoms with Crippen LogP contribution in [0.25, 0.3) is 11.1 Å². The van der Waals surface area contributed by atoms with Gasteiger partial charge in [-0.1, -0.05) is 12.1 Å². The number of aromatic nitrogens is 1. The van der Waals surface area contributed by atoms with E-state index in [1.807, 2.05) is 25.1 Å². The zero-order chi connectivity index (χ0) is 14.3. The molecule has 0 spiro atoms. The number of hydrogen-bond donors (Lipinski definition) is 2. The van der Waals surface area contributed by atoms with Crippen LogP contribution in [-0.4, -0.2) is 23.8 Å². The third-order valence-electron chi connectivity index (χ3n) is 3.45. The lowest BCUT2D eigenvalue weighted by Crippen LogP contribution is -2.20. The van der Waals surface area contributed by atoms with Gasteiger partial charge < -0.3 is 5.32 Å². The first-order chi connectivity index (χ1) is 9.63. The molecule has 1 aromatic heterocycles. The molecule has 0 atom stereocenters. The van der Waals surface area contributed by atoms with E-state index in [2.05, 4.69) is 15.6 Å². The summed E-state index contributed by atoms with van der Waals surface area (Å²) in [6.45, 7) is 1.91. The SMILES string of the molecule is CNc1c(-c2cccnc2C)ccc2c1C(=O)NC2=O. The Morgan fingerprint density at radius 3 is 2.50 bits per heavy atom. The van der Waals surface area contributed by atoms with Gasteiger partial charge >= 0.3 is 0 Å². The predicted octanol–water partition coefficient (Wildman–Crippen LogP) is 1.98. The maximum atomic E-state index is 11.9. The van der Waals surface area contributed by atoms with Gasteiger partial charge in [0.15, 0.2) is 0 Å². The minimum atomic E-state index is -0.363. The number of pyridine rings is 1. The zero-order valence-corrected chi connectivity index (χ0v) is 11.2. The molecular formula is C15H13N3O2. The molecule has 0 radical (unpaired) electrons. The largest absolute Gasteiger partial charge is 0.387 e. The topological polar surface area (TPSA) is 71.1 Å². The molecule has 0 bridgehead atoms. The smallest absolute Gasteiger partial charge is 0.261 e. The van der Waals surface area contributed by atoms with E-state index in [4.69, 9.17) is 0 Å². The van der Waals surface area contributed by atoms with Crippen molar-refractivity contribution in [2.75, 3.05) is 12.4 Å². The number of hydrogen-bond acceptors (Lipinski definition) is 4. The number of rotatable bonds is 2. The molecule has 0 fully saturated rings. The van der Waals surface area contributed by atoms with E-state index in [9.17, 15) is 9.59 Å². The highest BCUT2D eigenvalue weighted by molar-refractivity contribution is 6.25. The van der Waals surface area contributed by atoms with Crippen LogP contribution in [0.1, 0.15) is 26.4 Å². The van der Waals surface area contributed by atoms with Gasteiger partial charge in [-0.2, -0.15) is 0 Å². The number of amides is 2. The molecule has 2 aromatic rings. The summed E-state index contributed by atoms with van der Waals surface area (Å²) in [7, 11) is 1.74. The van der Waals surface area contributed by atoms with Crippen molar-refractivity contribution in [2.24, 2.45) is 0 Å². The van der Waals surface area contributed by atoms with E-state index in [-0.39, 0.29) is 11.8 Å². The molecule has 100 valence electrons. The van der Waals surface area contributed by atoms with Gasteiger partial charge in [-0.15, -0.1) is 0 Å². The van der Waals surface area contributed by atoms with Crippen LogP contribution in [0.4, 0.5) is 5.69 Å². The van der Waals surface area contributed by atoms with Crippen LogP contribution in [0, 0.1) is 6.92 Å². The van der Waals surface area contributed by atoms with Gasteiger partial charge in [0.25, 0.3) is 11.8 Å². The summed E-state index contributed by atoms with van der Waals surface area (Å²) in [6.07, 6.45) is 1.72. The summed E-state index contributed by atoms with van der Waals surface area (Å²) < 4.78 is 0. The number of carbonyl (C=O) groups excluding carboxylic acids is 2. The van der Waals surface area contributed by atoms with E-state index in [1.54, 1.807) is 19.3 Å². The Hall–Kier alpha value is -2.69. The number of anilines is 1. The summed E-state index contributed by atoms with van der Waals surface area (Å²) in [4.78, 5) is 27.9. The Morgan fingerprint density at radius 1 is 1.05 bits per heavy atom. The summed E-state index contributed by atoms with van der Waals surface area (Å²) in [5.74, 6) is -0.714. The highest BCUT2D eigenvalue weighted by Crippen LogP contribution is 2.35. The summed E-state index contributed by atoms with van der Waals surface area (Å²) >= 11 is 0. The highest BCUT2D eigenvalue weighted by atomic mass is 16.2. The fourth-order valence-corrected chi connectivity index (χ4v) is 2.51. The average molecular weight is 267 g/mol. The Labute approximate surface area is 116 Å². The van der Waals surface area contributed by atoms with Crippen molar-refractivity contribution < 1.29 is 9.59 Å². The van der Waals surface area contributed by atoms with Crippen molar-refractivity contribution >= 4 is 17.5 Å². The molecule has 5 heteroatoms. The number of aryl methyl sites for hydroxylation is 1. The highest BCUT2D eigenvalue weighted by Gasteiger charge is 2.31. The molecule has 0 unspecified atom stereocenters. The minimum absolute atomic E-state index is 0.351. The van der Waals surface area contributed by atoms with Crippen molar-refractivity contribution in [3.8, 4) is 11.1 Å². The number of nitrogens with zero attached hydrogens (tertiary/aromatic N) is 1. The quantitative estimate of drug-likeness (QED) is 0.816. The van der Waals surface area contributed by atoms with Crippen molar-refractivity contribution in [3.63, 3.8) is 0 Å². The second-order valence-electron chi connectivity index (χ2n) is 4.58. The molecule has 2 heterocycles. The summed E-state index contributed by atoms with van der Waals surface area (Å²) in [5, 5.41) is 5.35. The standard InChI is InChI=1S/C15H13N3O2/c1-8-9(4-3-7-17-8)10-5-6-11-12(13(10)16-2)15(20)18-14(11)19/h3-7,16H,1-2H3,(H,18,19,20). The molecule has 1 aliphatic rings. The molecule has 20 heavy (non-hydrogen) atoms. The van der Waals surface area contributed by atoms with Crippen molar-refractivity contribution in [1.29, 1.82) is 0 Å². The fraction of sp³-hybridized carbons (Fsp3) is 0.133. The molecule has 2 N–H and O–H groups in total. The zero-order valence-electron chi connectivity index (χ0n) is 11.2. The van der Waals surface area contributed by atoms with Crippen LogP contribution < -0.4 is 10.6 Å². The number of benzene rings is 1. The van der Waals surface area contributed by atoms with Crippen LogP contribution in [0.5, 0.6) is 0 Å². The van der Waals surface area contributed by atoms with Gasteiger partial charge in [-0.3, -0.25) is 19.9 Å². The number of nitrogens with one attached hydrogen (secondary N) is 2. The van der Waals surface area contributed by atoms with E-state index in [0.29, 0.717) is 16.8 Å². The first-order valence-corrected chi connectivity index (χ1v) is 6.26. The molecule has 0 aliphatic carbocycles. The van der Waals surface area contributed by atoms with Crippen LogP contribution in [0.15, 0.2) is 30.5 Å². The molecule has 2 amide bonds. The summed E-state index contributed by atoms with van der Waals surface area (Å²) in [5.41, 5.74) is 4.13. The van der Waals surface area contributed by atoms with Crippen LogP contribution >= 0.6 is 0 Å². The second-order valence-corrected chi connectivity index (χ2v) is 4.58. The Kier molecular flexibility index (Phi) is 2.75. The summed E-state index contributed by atoms with van der Waals surface area (Å²) in [6, 6.07) is 7.31. The number of fused-ring (bicyclic) bond motifs is 1. The normalized spacial score (nSPS) is 13.1. The van der Waals surface area contributed by atoms with Crippen molar-refractivity contribution in [1.82, 2.24) is 10.3 Å². The van der Waals surface area contributed by atoms with Gasteiger partial charge in [-0.25, -0.2) is 0 Å². The molecule has 0 saturated carbocycles. The van der Waals surface area contributed by atoms with Gasteiger partial charge in [0, 0.05) is 30.1 Å². The lowest BCUT2D eigenvalue weighted by atomic mass is 9.96. The van der Waals surface area contributed by atoms with E-state index >= 15 is 0 Å². The Morgan fingerprint density at radius 2 is 1.80 bits per heavy atom. The van der Waals surface area contributed by atoms with E-state index < -0.39 is 0 Å². The van der Waals surface area contributed by atoms with Crippen LogP contribution in [0.2, 0.25) is 0 Å². The van der Waals surface area contributed by atoms with Crippen molar-refractivity contribution in [3.05, 3.63) is 47.3 Å².